The summed E-state index contributed by atoms with van der Waals surface area (Å²) in [7, 11) is -0.478. The van der Waals surface area contributed by atoms with Crippen LogP contribution in [-0.4, -0.2) is 27.5 Å². The van der Waals surface area contributed by atoms with Crippen LogP contribution >= 0.6 is 11.3 Å². The van der Waals surface area contributed by atoms with Gasteiger partial charge >= 0.3 is 7.12 Å². The fourth-order valence-corrected chi connectivity index (χ4v) is 8.97. The number of nitrogens with zero attached hydrogens (tertiary/aromatic N) is 2. The van der Waals surface area contributed by atoms with Crippen molar-refractivity contribution in [3.8, 4) is 11.4 Å². The highest BCUT2D eigenvalue weighted by Crippen LogP contribution is 2.44. The van der Waals surface area contributed by atoms with E-state index in [-0.39, 0.29) is 0 Å². The zero-order valence-corrected chi connectivity index (χ0v) is 28.1. The first-order valence-electron chi connectivity index (χ1n) is 16.6. The summed E-state index contributed by atoms with van der Waals surface area (Å²) in [5.74, 6) is 0. The normalized spacial score (nSPS) is 16.0. The standard InChI is InChI=1S/C42H33BN2O2S/c1-41(2)42(3,4)47-43(46-41)32-25-27(24-31-28-16-10-13-21-37(28)48-40(31)32)45-34-20-12-9-18-30(34)39-36(45)23-22-35-38(39)29-17-8-11-19-33(29)44(35)26-14-6-5-7-15-26/h5-25H,1-4H3. The second-order valence-electron chi connectivity index (χ2n) is 14.0. The van der Waals surface area contributed by atoms with E-state index in [9.17, 15) is 0 Å². The summed E-state index contributed by atoms with van der Waals surface area (Å²) < 4.78 is 20.8. The molecule has 0 unspecified atom stereocenters. The van der Waals surface area contributed by atoms with Crippen LogP contribution in [0.25, 0.3) is 75.2 Å². The maximum absolute atomic E-state index is 6.72. The van der Waals surface area contributed by atoms with E-state index >= 15 is 0 Å². The number of hydrogen-bond donors (Lipinski definition) is 0. The van der Waals surface area contributed by atoms with Gasteiger partial charge in [-0.25, -0.2) is 0 Å². The van der Waals surface area contributed by atoms with Gasteiger partial charge in [0, 0.05) is 58.6 Å². The van der Waals surface area contributed by atoms with Crippen LogP contribution in [0, 0.1) is 0 Å². The highest BCUT2D eigenvalue weighted by atomic mass is 32.1. The van der Waals surface area contributed by atoms with Crippen molar-refractivity contribution < 1.29 is 9.31 Å². The first kappa shape index (κ1) is 28.2. The third-order valence-corrected chi connectivity index (χ3v) is 12.0. The molecule has 1 aliphatic heterocycles. The number of rotatable bonds is 3. The lowest BCUT2D eigenvalue weighted by atomic mass is 9.78. The number of thiophene rings is 1. The highest BCUT2D eigenvalue weighted by molar-refractivity contribution is 7.27. The van der Waals surface area contributed by atoms with Crippen molar-refractivity contribution in [1.29, 1.82) is 0 Å². The summed E-state index contributed by atoms with van der Waals surface area (Å²) in [6.45, 7) is 8.51. The van der Waals surface area contributed by atoms with E-state index < -0.39 is 18.3 Å². The van der Waals surface area contributed by atoms with Gasteiger partial charge in [-0.15, -0.1) is 11.3 Å². The SMILES string of the molecule is CC1(C)OB(c2cc(-n3c4ccccc4c4c5c6ccccc6n(-c6ccccc6)c5ccc43)cc3c2sc2ccccc23)OC1(C)C. The Morgan fingerprint density at radius 3 is 1.65 bits per heavy atom. The van der Waals surface area contributed by atoms with E-state index in [1.54, 1.807) is 0 Å². The van der Waals surface area contributed by atoms with Gasteiger partial charge in [-0.3, -0.25) is 0 Å². The number of para-hydroxylation sites is 3. The van der Waals surface area contributed by atoms with Gasteiger partial charge in [-0.2, -0.15) is 0 Å². The minimum absolute atomic E-state index is 0.442. The van der Waals surface area contributed by atoms with Crippen LogP contribution in [0.3, 0.4) is 0 Å². The van der Waals surface area contributed by atoms with Gasteiger partial charge in [0.2, 0.25) is 0 Å². The smallest absolute Gasteiger partial charge is 0.399 e. The molecule has 0 saturated carbocycles. The Balaban J connectivity index is 1.32. The number of aromatic nitrogens is 2. The van der Waals surface area contributed by atoms with Crippen LogP contribution in [0.1, 0.15) is 27.7 Å². The van der Waals surface area contributed by atoms with Crippen LogP contribution in [-0.2, 0) is 9.31 Å². The lowest BCUT2D eigenvalue weighted by Gasteiger charge is -2.32. The molecule has 0 bridgehead atoms. The molecule has 0 aliphatic carbocycles. The number of fused-ring (bicyclic) bond motifs is 10. The maximum Gasteiger partial charge on any atom is 0.496 e. The highest BCUT2D eigenvalue weighted by Gasteiger charge is 2.52. The van der Waals surface area contributed by atoms with Crippen LogP contribution in [0.4, 0.5) is 0 Å². The van der Waals surface area contributed by atoms with E-state index in [0.717, 1.165) is 16.8 Å². The molecule has 0 amide bonds. The molecular formula is C42H33BN2O2S. The van der Waals surface area contributed by atoms with E-state index in [1.807, 2.05) is 11.3 Å². The summed E-state index contributed by atoms with van der Waals surface area (Å²) in [6, 6.07) is 46.3. The van der Waals surface area contributed by atoms with Gasteiger partial charge in [0.15, 0.2) is 0 Å². The van der Waals surface area contributed by atoms with E-state index in [2.05, 4.69) is 164 Å². The summed E-state index contributed by atoms with van der Waals surface area (Å²) in [5, 5.41) is 7.51. The van der Waals surface area contributed by atoms with Crippen molar-refractivity contribution >= 4 is 87.7 Å². The monoisotopic (exact) mass is 640 g/mol. The summed E-state index contributed by atoms with van der Waals surface area (Å²) in [5.41, 5.74) is 7.22. The molecule has 9 aromatic rings. The molecule has 1 saturated heterocycles. The maximum atomic E-state index is 6.72. The molecule has 232 valence electrons. The van der Waals surface area contributed by atoms with Crippen molar-refractivity contribution in [2.24, 2.45) is 0 Å². The zero-order chi connectivity index (χ0) is 32.4. The Hall–Kier alpha value is -4.88. The van der Waals surface area contributed by atoms with Crippen molar-refractivity contribution in [2.75, 3.05) is 0 Å². The second kappa shape index (κ2) is 9.83. The van der Waals surface area contributed by atoms with E-state index in [4.69, 9.17) is 9.31 Å². The molecule has 4 nitrogen and oxygen atoms in total. The molecule has 4 heterocycles. The van der Waals surface area contributed by atoms with Crippen molar-refractivity contribution in [3.05, 3.63) is 127 Å². The van der Waals surface area contributed by atoms with Crippen LogP contribution in [0.2, 0.25) is 0 Å². The lowest BCUT2D eigenvalue weighted by molar-refractivity contribution is 0.00578. The van der Waals surface area contributed by atoms with Crippen LogP contribution in [0.5, 0.6) is 0 Å². The molecule has 1 aliphatic rings. The quantitative estimate of drug-likeness (QED) is 0.180. The van der Waals surface area contributed by atoms with E-state index in [1.165, 1.54) is 63.8 Å². The molecule has 0 radical (unpaired) electrons. The van der Waals surface area contributed by atoms with Crippen molar-refractivity contribution in [3.63, 3.8) is 0 Å². The predicted molar refractivity (Wildman–Crippen MR) is 204 cm³/mol. The molecule has 0 spiro atoms. The Bertz CT molecular complexity index is 2740. The van der Waals surface area contributed by atoms with Gasteiger partial charge in [-0.1, -0.05) is 72.8 Å². The van der Waals surface area contributed by atoms with Gasteiger partial charge in [0.1, 0.15) is 0 Å². The second-order valence-corrected chi connectivity index (χ2v) is 15.0. The number of hydrogen-bond acceptors (Lipinski definition) is 3. The summed E-state index contributed by atoms with van der Waals surface area (Å²) >= 11 is 1.82. The Labute approximate surface area is 282 Å². The first-order chi connectivity index (χ1) is 23.3. The lowest BCUT2D eigenvalue weighted by Crippen LogP contribution is -2.41. The fourth-order valence-electron chi connectivity index (χ4n) is 7.76. The average Bonchev–Trinajstić information content (AvgIpc) is 3.80. The molecular weight excluding hydrogens is 607 g/mol. The molecule has 6 aromatic carbocycles. The van der Waals surface area contributed by atoms with Gasteiger partial charge in [0.05, 0.1) is 33.3 Å². The molecule has 6 heteroatoms. The van der Waals surface area contributed by atoms with Crippen LogP contribution < -0.4 is 5.46 Å². The third kappa shape index (κ3) is 3.79. The van der Waals surface area contributed by atoms with E-state index in [0.29, 0.717) is 0 Å². The molecule has 48 heavy (non-hydrogen) atoms. The van der Waals surface area contributed by atoms with Gasteiger partial charge in [-0.05, 0) is 82.3 Å². The zero-order valence-electron chi connectivity index (χ0n) is 27.3. The number of benzene rings is 6. The largest absolute Gasteiger partial charge is 0.496 e. The van der Waals surface area contributed by atoms with Gasteiger partial charge in [0.25, 0.3) is 0 Å². The summed E-state index contributed by atoms with van der Waals surface area (Å²) in [4.78, 5) is 0. The Kier molecular flexibility index (Phi) is 5.77. The third-order valence-electron chi connectivity index (χ3n) is 10.7. The fraction of sp³-hybridized carbons (Fsp3) is 0.143. The topological polar surface area (TPSA) is 28.3 Å². The molecule has 1 fully saturated rings. The summed E-state index contributed by atoms with van der Waals surface area (Å²) in [6.07, 6.45) is 0. The predicted octanol–water partition coefficient (Wildman–Crippen LogP) is 10.5. The van der Waals surface area contributed by atoms with Crippen LogP contribution in [0.15, 0.2) is 127 Å². The Morgan fingerprint density at radius 1 is 0.500 bits per heavy atom. The minimum Gasteiger partial charge on any atom is -0.399 e. The molecule has 0 N–H and O–H groups in total. The molecule has 3 aromatic heterocycles. The molecule has 10 rings (SSSR count). The molecule has 0 atom stereocenters. The van der Waals surface area contributed by atoms with Crippen molar-refractivity contribution in [1.82, 2.24) is 9.13 Å². The van der Waals surface area contributed by atoms with Crippen molar-refractivity contribution in [2.45, 2.75) is 38.9 Å². The first-order valence-corrected chi connectivity index (χ1v) is 17.4. The Morgan fingerprint density at radius 2 is 1.02 bits per heavy atom. The minimum atomic E-state index is -0.478. The average molecular weight is 641 g/mol. The van der Waals surface area contributed by atoms with Gasteiger partial charge < -0.3 is 18.4 Å².